The van der Waals surface area contributed by atoms with E-state index in [4.69, 9.17) is 0 Å². The molecule has 0 aliphatic heterocycles. The molecule has 2 nitrogen and oxygen atoms in total. The molecular weight excluding hydrogens is 124 g/mol. The molecule has 50 valence electrons. The van der Waals surface area contributed by atoms with Gasteiger partial charge in [-0.15, -0.1) is 0 Å². The van der Waals surface area contributed by atoms with Crippen molar-refractivity contribution in [3.8, 4) is 0 Å². The predicted molar refractivity (Wildman–Crippen MR) is 39.2 cm³/mol. The molecule has 1 aliphatic carbocycles. The summed E-state index contributed by atoms with van der Waals surface area (Å²) in [6, 6.07) is 0. The lowest BCUT2D eigenvalue weighted by Gasteiger charge is -2.11. The molecule has 0 N–H and O–H groups in total. The normalized spacial score (nSPS) is 15.8. The number of rotatable bonds is 1. The third-order valence-corrected chi connectivity index (χ3v) is 1.70. The van der Waals surface area contributed by atoms with Crippen molar-refractivity contribution in [3.05, 3.63) is 30.4 Å². The third kappa shape index (κ3) is 0.817. The molecule has 2 heteroatoms. The van der Waals surface area contributed by atoms with E-state index in [1.165, 1.54) is 18.4 Å². The highest BCUT2D eigenvalue weighted by atomic mass is 14.8. The van der Waals surface area contributed by atoms with Gasteiger partial charge in [-0.2, -0.15) is 0 Å². The summed E-state index contributed by atoms with van der Waals surface area (Å²) in [7, 11) is 0. The zero-order valence-corrected chi connectivity index (χ0v) is 5.62. The summed E-state index contributed by atoms with van der Waals surface area (Å²) >= 11 is 0. The molecule has 2 rings (SSSR count). The van der Waals surface area contributed by atoms with Gasteiger partial charge >= 0.3 is 0 Å². The molecule has 0 spiro atoms. The van der Waals surface area contributed by atoms with Crippen LogP contribution in [0.4, 0.5) is 0 Å². The summed E-state index contributed by atoms with van der Waals surface area (Å²) in [5, 5.41) is 0. The standard InChI is InChI=1S/C8H8N2/c1-2-7(3-1)8-6-9-4-5-10-8/h2,4-6H,1,3H2. The number of hydrogen-bond acceptors (Lipinski definition) is 2. The fourth-order valence-corrected chi connectivity index (χ4v) is 0.986. The van der Waals surface area contributed by atoms with Crippen molar-refractivity contribution in [2.75, 3.05) is 0 Å². The average Bonchev–Trinajstić information content (AvgIpc) is 1.86. The minimum Gasteiger partial charge on any atom is -0.261 e. The quantitative estimate of drug-likeness (QED) is 0.580. The van der Waals surface area contributed by atoms with Gasteiger partial charge in [-0.05, 0) is 18.4 Å². The Morgan fingerprint density at radius 1 is 1.30 bits per heavy atom. The molecule has 0 saturated carbocycles. The smallest absolute Gasteiger partial charge is 0.0841 e. The zero-order chi connectivity index (χ0) is 6.81. The second-order valence-corrected chi connectivity index (χ2v) is 2.36. The molecular formula is C8H8N2. The summed E-state index contributed by atoms with van der Waals surface area (Å²) < 4.78 is 0. The van der Waals surface area contributed by atoms with Crippen molar-refractivity contribution in [1.29, 1.82) is 0 Å². The maximum absolute atomic E-state index is 4.17. The van der Waals surface area contributed by atoms with Gasteiger partial charge in [0, 0.05) is 12.4 Å². The first-order valence-corrected chi connectivity index (χ1v) is 3.42. The van der Waals surface area contributed by atoms with Gasteiger partial charge in [0.25, 0.3) is 0 Å². The van der Waals surface area contributed by atoms with Crippen molar-refractivity contribution in [2.24, 2.45) is 0 Å². The van der Waals surface area contributed by atoms with E-state index in [1.54, 1.807) is 12.4 Å². The van der Waals surface area contributed by atoms with Crippen molar-refractivity contribution in [3.63, 3.8) is 0 Å². The van der Waals surface area contributed by atoms with Crippen molar-refractivity contribution in [1.82, 2.24) is 9.97 Å². The minimum atomic E-state index is 1.04. The molecule has 1 aliphatic rings. The van der Waals surface area contributed by atoms with Crippen LogP contribution in [-0.4, -0.2) is 9.97 Å². The van der Waals surface area contributed by atoms with E-state index >= 15 is 0 Å². The fourth-order valence-electron chi connectivity index (χ4n) is 0.986. The Morgan fingerprint density at radius 3 is 2.70 bits per heavy atom. The van der Waals surface area contributed by atoms with E-state index in [-0.39, 0.29) is 0 Å². The van der Waals surface area contributed by atoms with Crippen LogP contribution in [-0.2, 0) is 0 Å². The molecule has 1 aromatic heterocycles. The van der Waals surface area contributed by atoms with Gasteiger partial charge in [0.2, 0.25) is 0 Å². The van der Waals surface area contributed by atoms with Crippen LogP contribution in [0.5, 0.6) is 0 Å². The maximum atomic E-state index is 4.17. The Morgan fingerprint density at radius 2 is 2.20 bits per heavy atom. The van der Waals surface area contributed by atoms with Gasteiger partial charge in [0.1, 0.15) is 0 Å². The van der Waals surface area contributed by atoms with E-state index in [0.717, 1.165) is 5.69 Å². The lowest BCUT2D eigenvalue weighted by atomic mass is 9.96. The minimum absolute atomic E-state index is 1.04. The molecule has 1 aromatic rings. The van der Waals surface area contributed by atoms with Gasteiger partial charge < -0.3 is 0 Å². The summed E-state index contributed by atoms with van der Waals surface area (Å²) in [6.07, 6.45) is 9.80. The molecule has 0 unspecified atom stereocenters. The van der Waals surface area contributed by atoms with E-state index < -0.39 is 0 Å². The van der Waals surface area contributed by atoms with E-state index in [1.807, 2.05) is 6.20 Å². The Balaban J connectivity index is 2.34. The molecule has 0 fully saturated rings. The Bertz CT molecular complexity index is 251. The van der Waals surface area contributed by atoms with Crippen LogP contribution in [0.3, 0.4) is 0 Å². The van der Waals surface area contributed by atoms with Crippen LogP contribution in [0.1, 0.15) is 18.5 Å². The molecule has 1 heterocycles. The molecule has 0 amide bonds. The highest BCUT2D eigenvalue weighted by molar-refractivity contribution is 5.66. The molecule has 0 atom stereocenters. The number of aromatic nitrogens is 2. The molecule has 0 aromatic carbocycles. The fraction of sp³-hybridized carbons (Fsp3) is 0.250. The van der Waals surface area contributed by atoms with E-state index in [2.05, 4.69) is 16.0 Å². The first-order valence-electron chi connectivity index (χ1n) is 3.42. The summed E-state index contributed by atoms with van der Waals surface area (Å²) in [5.41, 5.74) is 2.38. The van der Waals surface area contributed by atoms with Gasteiger partial charge in [-0.3, -0.25) is 9.97 Å². The van der Waals surface area contributed by atoms with Crippen LogP contribution in [0, 0.1) is 0 Å². The van der Waals surface area contributed by atoms with Gasteiger partial charge in [-0.1, -0.05) is 6.08 Å². The average molecular weight is 132 g/mol. The predicted octanol–water partition coefficient (Wildman–Crippen LogP) is 1.65. The van der Waals surface area contributed by atoms with Crippen LogP contribution in [0.25, 0.3) is 5.57 Å². The Labute approximate surface area is 59.6 Å². The highest BCUT2D eigenvalue weighted by Crippen LogP contribution is 2.26. The lowest BCUT2D eigenvalue weighted by molar-refractivity contribution is 0.966. The second-order valence-electron chi connectivity index (χ2n) is 2.36. The number of allylic oxidation sites excluding steroid dienone is 2. The monoisotopic (exact) mass is 132 g/mol. The van der Waals surface area contributed by atoms with Crippen molar-refractivity contribution < 1.29 is 0 Å². The first-order chi connectivity index (χ1) is 4.97. The highest BCUT2D eigenvalue weighted by Gasteiger charge is 2.08. The third-order valence-electron chi connectivity index (χ3n) is 1.70. The zero-order valence-electron chi connectivity index (χ0n) is 5.62. The SMILES string of the molecule is C1=C(c2cnccn2)CC1. The second kappa shape index (κ2) is 2.21. The van der Waals surface area contributed by atoms with E-state index in [0.29, 0.717) is 0 Å². The van der Waals surface area contributed by atoms with Crippen LogP contribution < -0.4 is 0 Å². The van der Waals surface area contributed by atoms with Crippen molar-refractivity contribution in [2.45, 2.75) is 12.8 Å². The molecule has 10 heavy (non-hydrogen) atoms. The number of hydrogen-bond donors (Lipinski definition) is 0. The van der Waals surface area contributed by atoms with Crippen molar-refractivity contribution >= 4 is 5.57 Å². The topological polar surface area (TPSA) is 25.8 Å². The van der Waals surface area contributed by atoms with Gasteiger partial charge in [-0.25, -0.2) is 0 Å². The molecule has 0 radical (unpaired) electrons. The molecule has 0 bridgehead atoms. The summed E-state index contributed by atoms with van der Waals surface area (Å²) in [4.78, 5) is 8.15. The van der Waals surface area contributed by atoms with Crippen LogP contribution in [0.2, 0.25) is 0 Å². The molecule has 0 saturated heterocycles. The summed E-state index contributed by atoms with van der Waals surface area (Å²) in [5.74, 6) is 0. The van der Waals surface area contributed by atoms with Crippen LogP contribution in [0.15, 0.2) is 24.7 Å². The number of nitrogens with zero attached hydrogens (tertiary/aromatic N) is 2. The van der Waals surface area contributed by atoms with Gasteiger partial charge in [0.15, 0.2) is 0 Å². The Kier molecular flexibility index (Phi) is 1.24. The van der Waals surface area contributed by atoms with Crippen LogP contribution >= 0.6 is 0 Å². The first kappa shape index (κ1) is 5.59. The summed E-state index contributed by atoms with van der Waals surface area (Å²) in [6.45, 7) is 0. The maximum Gasteiger partial charge on any atom is 0.0841 e. The lowest BCUT2D eigenvalue weighted by Crippen LogP contribution is -1.95. The van der Waals surface area contributed by atoms with Gasteiger partial charge in [0.05, 0.1) is 11.9 Å². The Hall–Kier alpha value is -1.18. The van der Waals surface area contributed by atoms with E-state index in [9.17, 15) is 0 Å². The largest absolute Gasteiger partial charge is 0.261 e.